The third-order valence-corrected chi connectivity index (χ3v) is 1.98. The van der Waals surface area contributed by atoms with E-state index in [0.29, 0.717) is 6.61 Å². The molecule has 2 N–H and O–H groups in total. The molecule has 0 aromatic heterocycles. The highest BCUT2D eigenvalue weighted by molar-refractivity contribution is 5.77. The van der Waals surface area contributed by atoms with Gasteiger partial charge in [0.15, 0.2) is 0 Å². The maximum absolute atomic E-state index is 11.2. The van der Waals surface area contributed by atoms with Gasteiger partial charge in [0, 0.05) is 0 Å². The summed E-state index contributed by atoms with van der Waals surface area (Å²) >= 11 is 0. The quantitative estimate of drug-likeness (QED) is 0.707. The molecule has 0 saturated heterocycles. The highest BCUT2D eigenvalue weighted by Gasteiger charge is 2.10. The first-order chi connectivity index (χ1) is 7.24. The van der Waals surface area contributed by atoms with E-state index in [4.69, 9.17) is 9.94 Å². The Morgan fingerprint density at radius 2 is 2.13 bits per heavy atom. The number of benzene rings is 1. The van der Waals surface area contributed by atoms with Gasteiger partial charge in [-0.15, -0.1) is 0 Å². The molecule has 0 heterocycles. The number of rotatable bonds is 5. The molecule has 0 spiro atoms. The van der Waals surface area contributed by atoms with Gasteiger partial charge >= 0.3 is 0 Å². The van der Waals surface area contributed by atoms with Crippen molar-refractivity contribution in [3.63, 3.8) is 0 Å². The second-order valence-electron chi connectivity index (χ2n) is 3.32. The summed E-state index contributed by atoms with van der Waals surface area (Å²) < 4.78 is 0. The van der Waals surface area contributed by atoms with Gasteiger partial charge in [0.1, 0.15) is 0 Å². The third-order valence-electron chi connectivity index (χ3n) is 1.98. The average molecular weight is 209 g/mol. The predicted octanol–water partition coefficient (Wildman–Crippen LogP) is 0.863. The summed E-state index contributed by atoms with van der Waals surface area (Å²) in [7, 11) is 0. The molecule has 0 fully saturated rings. The lowest BCUT2D eigenvalue weighted by molar-refractivity contribution is -0.139. The van der Waals surface area contributed by atoms with Gasteiger partial charge in [-0.2, -0.15) is 0 Å². The van der Waals surface area contributed by atoms with Crippen LogP contribution < -0.4 is 5.48 Å². The zero-order chi connectivity index (χ0) is 11.1. The first-order valence-corrected chi connectivity index (χ1v) is 4.80. The van der Waals surface area contributed by atoms with Crippen molar-refractivity contribution in [3.8, 4) is 0 Å². The van der Waals surface area contributed by atoms with Crippen molar-refractivity contribution in [2.75, 3.05) is 6.61 Å². The van der Waals surface area contributed by atoms with Crippen LogP contribution in [0.2, 0.25) is 0 Å². The number of aliphatic hydroxyl groups excluding tert-OH is 1. The third kappa shape index (κ3) is 4.10. The standard InChI is InChI=1S/C11H15NO3/c1-9(7-13)11(14)12-15-8-10-5-3-2-4-6-10/h2-6,9,13H,7-8H2,1H3,(H,12,14)/t9-/m1/s1. The van der Waals surface area contributed by atoms with Gasteiger partial charge in [-0.3, -0.25) is 9.63 Å². The van der Waals surface area contributed by atoms with E-state index in [2.05, 4.69) is 5.48 Å². The number of aliphatic hydroxyl groups is 1. The Balaban J connectivity index is 2.25. The number of hydroxylamine groups is 1. The first-order valence-electron chi connectivity index (χ1n) is 4.80. The van der Waals surface area contributed by atoms with Gasteiger partial charge in [0.25, 0.3) is 0 Å². The lowest BCUT2D eigenvalue weighted by atomic mass is 10.2. The van der Waals surface area contributed by atoms with E-state index in [0.717, 1.165) is 5.56 Å². The molecule has 15 heavy (non-hydrogen) atoms. The van der Waals surface area contributed by atoms with E-state index in [9.17, 15) is 4.79 Å². The second-order valence-corrected chi connectivity index (χ2v) is 3.32. The Bertz CT molecular complexity index is 300. The maximum Gasteiger partial charge on any atom is 0.248 e. The molecule has 1 rings (SSSR count). The molecule has 1 amide bonds. The van der Waals surface area contributed by atoms with Crippen molar-refractivity contribution < 1.29 is 14.7 Å². The van der Waals surface area contributed by atoms with Gasteiger partial charge in [0.05, 0.1) is 19.1 Å². The van der Waals surface area contributed by atoms with Crippen LogP contribution >= 0.6 is 0 Å². The number of carbonyl (C=O) groups is 1. The van der Waals surface area contributed by atoms with Gasteiger partial charge in [0.2, 0.25) is 5.91 Å². The van der Waals surface area contributed by atoms with Crippen LogP contribution in [0.1, 0.15) is 12.5 Å². The smallest absolute Gasteiger partial charge is 0.248 e. The SMILES string of the molecule is C[C@H](CO)C(=O)NOCc1ccccc1. The molecule has 4 nitrogen and oxygen atoms in total. The minimum absolute atomic E-state index is 0.180. The summed E-state index contributed by atoms with van der Waals surface area (Å²) in [6.07, 6.45) is 0. The zero-order valence-corrected chi connectivity index (χ0v) is 8.64. The van der Waals surface area contributed by atoms with Crippen LogP contribution in [-0.4, -0.2) is 17.6 Å². The Morgan fingerprint density at radius 3 is 2.73 bits per heavy atom. The maximum atomic E-state index is 11.2. The van der Waals surface area contributed by atoms with Gasteiger partial charge < -0.3 is 5.11 Å². The predicted molar refractivity (Wildman–Crippen MR) is 55.6 cm³/mol. The highest BCUT2D eigenvalue weighted by Crippen LogP contribution is 1.99. The minimum atomic E-state index is -0.444. The first kappa shape index (κ1) is 11.7. The normalized spacial score (nSPS) is 12.1. The molecule has 1 atom stereocenters. The summed E-state index contributed by atoms with van der Waals surface area (Å²) in [5.41, 5.74) is 3.26. The lowest BCUT2D eigenvalue weighted by Crippen LogP contribution is -2.30. The summed E-state index contributed by atoms with van der Waals surface area (Å²) in [5, 5.41) is 8.71. The van der Waals surface area contributed by atoms with Crippen molar-refractivity contribution in [1.82, 2.24) is 5.48 Å². The van der Waals surface area contributed by atoms with E-state index in [-0.39, 0.29) is 12.5 Å². The van der Waals surface area contributed by atoms with Gasteiger partial charge in [-0.25, -0.2) is 5.48 Å². The molecule has 0 bridgehead atoms. The number of hydrogen-bond acceptors (Lipinski definition) is 3. The second kappa shape index (κ2) is 6.16. The van der Waals surface area contributed by atoms with E-state index < -0.39 is 5.92 Å². The van der Waals surface area contributed by atoms with Crippen LogP contribution in [-0.2, 0) is 16.2 Å². The molecule has 0 aliphatic heterocycles. The zero-order valence-electron chi connectivity index (χ0n) is 8.64. The Kier molecular flexibility index (Phi) is 4.80. The minimum Gasteiger partial charge on any atom is -0.396 e. The molecule has 0 aliphatic rings. The van der Waals surface area contributed by atoms with Crippen molar-refractivity contribution in [2.24, 2.45) is 5.92 Å². The Morgan fingerprint density at radius 1 is 1.47 bits per heavy atom. The lowest BCUT2D eigenvalue weighted by Gasteiger charge is -2.09. The molecule has 1 aromatic carbocycles. The van der Waals surface area contributed by atoms with E-state index in [1.807, 2.05) is 30.3 Å². The summed E-state index contributed by atoms with van der Waals surface area (Å²) in [6.45, 7) is 1.77. The molecular formula is C11H15NO3. The summed E-state index contributed by atoms with van der Waals surface area (Å²) in [4.78, 5) is 16.2. The van der Waals surface area contributed by atoms with Gasteiger partial charge in [-0.05, 0) is 5.56 Å². The van der Waals surface area contributed by atoms with Crippen LogP contribution in [0.4, 0.5) is 0 Å². The number of amides is 1. The molecular weight excluding hydrogens is 194 g/mol. The molecule has 0 radical (unpaired) electrons. The van der Waals surface area contributed by atoms with Crippen molar-refractivity contribution in [2.45, 2.75) is 13.5 Å². The van der Waals surface area contributed by atoms with Crippen LogP contribution in [0, 0.1) is 5.92 Å². The molecule has 1 aromatic rings. The van der Waals surface area contributed by atoms with Crippen molar-refractivity contribution in [3.05, 3.63) is 35.9 Å². The Hall–Kier alpha value is -1.39. The largest absolute Gasteiger partial charge is 0.396 e. The fourth-order valence-electron chi connectivity index (χ4n) is 0.948. The molecule has 0 saturated carbocycles. The summed E-state index contributed by atoms with van der Waals surface area (Å²) in [5.74, 6) is -0.755. The topological polar surface area (TPSA) is 58.6 Å². The summed E-state index contributed by atoms with van der Waals surface area (Å²) in [6, 6.07) is 9.52. The highest BCUT2D eigenvalue weighted by atomic mass is 16.6. The van der Waals surface area contributed by atoms with Crippen LogP contribution in [0.25, 0.3) is 0 Å². The van der Waals surface area contributed by atoms with Crippen molar-refractivity contribution >= 4 is 5.91 Å². The fourth-order valence-corrected chi connectivity index (χ4v) is 0.948. The van der Waals surface area contributed by atoms with Crippen LogP contribution in [0.15, 0.2) is 30.3 Å². The van der Waals surface area contributed by atoms with E-state index >= 15 is 0 Å². The fraction of sp³-hybridized carbons (Fsp3) is 0.364. The van der Waals surface area contributed by atoms with Crippen LogP contribution in [0.3, 0.4) is 0 Å². The molecule has 0 unspecified atom stereocenters. The van der Waals surface area contributed by atoms with E-state index in [1.54, 1.807) is 6.92 Å². The average Bonchev–Trinajstić information content (AvgIpc) is 2.29. The number of carbonyl (C=O) groups excluding carboxylic acids is 1. The molecule has 0 aliphatic carbocycles. The monoisotopic (exact) mass is 209 g/mol. The molecule has 82 valence electrons. The number of hydrogen-bond donors (Lipinski definition) is 2. The number of nitrogens with one attached hydrogen (secondary N) is 1. The van der Waals surface area contributed by atoms with Crippen LogP contribution in [0.5, 0.6) is 0 Å². The van der Waals surface area contributed by atoms with E-state index in [1.165, 1.54) is 0 Å². The van der Waals surface area contributed by atoms with Gasteiger partial charge in [-0.1, -0.05) is 37.3 Å². The molecule has 4 heteroatoms. The van der Waals surface area contributed by atoms with Crippen molar-refractivity contribution in [1.29, 1.82) is 0 Å². The Labute approximate surface area is 88.8 Å².